The third-order valence-electron chi connectivity index (χ3n) is 1.62. The van der Waals surface area contributed by atoms with E-state index >= 15 is 0 Å². The number of aliphatic hydroxyl groups excluding tert-OH is 1. The van der Waals surface area contributed by atoms with Crippen LogP contribution in [0.4, 0.5) is 5.69 Å². The predicted molar refractivity (Wildman–Crippen MR) is 50.2 cm³/mol. The highest BCUT2D eigenvalue weighted by molar-refractivity contribution is 5.53. The molecule has 0 aliphatic rings. The van der Waals surface area contributed by atoms with Crippen molar-refractivity contribution in [1.82, 2.24) is 0 Å². The summed E-state index contributed by atoms with van der Waals surface area (Å²) in [4.78, 5) is 0. The molecule has 0 radical (unpaired) electrons. The molecule has 0 aromatic heterocycles. The molecule has 0 aliphatic carbocycles. The molecule has 0 saturated carbocycles. The molecule has 1 aromatic carbocycles. The minimum absolute atomic E-state index is 0.0623. The number of anilines is 1. The van der Waals surface area contributed by atoms with Crippen molar-refractivity contribution >= 4 is 5.69 Å². The third kappa shape index (κ3) is 2.52. The van der Waals surface area contributed by atoms with Gasteiger partial charge in [-0.05, 0) is 12.1 Å². The summed E-state index contributed by atoms with van der Waals surface area (Å²) >= 11 is 0. The number of benzene rings is 1. The van der Waals surface area contributed by atoms with Crippen LogP contribution in [0.5, 0.6) is 11.5 Å². The number of nitrogens with one attached hydrogen (secondary N) is 1. The van der Waals surface area contributed by atoms with E-state index in [2.05, 4.69) is 5.32 Å². The summed E-state index contributed by atoms with van der Waals surface area (Å²) in [6, 6.07) is 4.98. The maximum Gasteiger partial charge on any atom is 0.160 e. The van der Waals surface area contributed by atoms with Crippen LogP contribution in [0.15, 0.2) is 18.2 Å². The van der Waals surface area contributed by atoms with Crippen molar-refractivity contribution in [3.63, 3.8) is 0 Å². The molecule has 0 bridgehead atoms. The number of phenolic OH excluding ortho intramolecular Hbond substituents is 1. The highest BCUT2D eigenvalue weighted by atomic mass is 16.5. The lowest BCUT2D eigenvalue weighted by molar-refractivity contribution is 0.311. The molecule has 4 nitrogen and oxygen atoms in total. The second-order valence-corrected chi connectivity index (χ2v) is 2.54. The second kappa shape index (κ2) is 4.57. The lowest BCUT2D eigenvalue weighted by Gasteiger charge is -2.07. The van der Waals surface area contributed by atoms with Crippen molar-refractivity contribution in [3.05, 3.63) is 18.2 Å². The first kappa shape index (κ1) is 9.67. The van der Waals surface area contributed by atoms with Crippen LogP contribution in [0.25, 0.3) is 0 Å². The predicted octanol–water partition coefficient (Wildman–Crippen LogP) is 0.805. The molecule has 0 spiro atoms. The number of ether oxygens (including phenoxy) is 1. The normalized spacial score (nSPS) is 9.69. The number of aromatic hydroxyl groups is 1. The smallest absolute Gasteiger partial charge is 0.160 e. The van der Waals surface area contributed by atoms with E-state index in [1.807, 2.05) is 0 Å². The van der Waals surface area contributed by atoms with Gasteiger partial charge in [-0.1, -0.05) is 0 Å². The zero-order chi connectivity index (χ0) is 9.68. The van der Waals surface area contributed by atoms with Gasteiger partial charge in [-0.3, -0.25) is 0 Å². The highest BCUT2D eigenvalue weighted by Crippen LogP contribution is 2.28. The van der Waals surface area contributed by atoms with Gasteiger partial charge >= 0.3 is 0 Å². The quantitative estimate of drug-likeness (QED) is 0.646. The van der Waals surface area contributed by atoms with Gasteiger partial charge in [-0.25, -0.2) is 0 Å². The molecule has 3 N–H and O–H groups in total. The fourth-order valence-electron chi connectivity index (χ4n) is 1.00. The van der Waals surface area contributed by atoms with Crippen LogP contribution >= 0.6 is 0 Å². The van der Waals surface area contributed by atoms with Crippen molar-refractivity contribution in [3.8, 4) is 11.5 Å². The molecule has 0 fully saturated rings. The average molecular weight is 183 g/mol. The van der Waals surface area contributed by atoms with Crippen LogP contribution in [-0.2, 0) is 0 Å². The van der Waals surface area contributed by atoms with Gasteiger partial charge in [0.05, 0.1) is 13.7 Å². The number of phenols is 1. The van der Waals surface area contributed by atoms with Gasteiger partial charge in [0.25, 0.3) is 0 Å². The van der Waals surface area contributed by atoms with Gasteiger partial charge in [0.15, 0.2) is 11.5 Å². The summed E-state index contributed by atoms with van der Waals surface area (Å²) in [5.74, 6) is 0.528. The number of aliphatic hydroxyl groups is 1. The first-order valence-electron chi connectivity index (χ1n) is 3.99. The molecular formula is C9H13NO3. The first-order valence-corrected chi connectivity index (χ1v) is 3.99. The van der Waals surface area contributed by atoms with Gasteiger partial charge in [0, 0.05) is 18.3 Å². The van der Waals surface area contributed by atoms with Crippen LogP contribution < -0.4 is 10.1 Å². The number of hydrogen-bond donors (Lipinski definition) is 3. The summed E-state index contributed by atoms with van der Waals surface area (Å²) in [7, 11) is 1.50. The summed E-state index contributed by atoms with van der Waals surface area (Å²) in [6.45, 7) is 0.526. The number of hydrogen-bond acceptors (Lipinski definition) is 4. The highest BCUT2D eigenvalue weighted by Gasteiger charge is 2.00. The third-order valence-corrected chi connectivity index (χ3v) is 1.62. The van der Waals surface area contributed by atoms with Gasteiger partial charge in [-0.2, -0.15) is 0 Å². The Balaban J connectivity index is 2.71. The lowest BCUT2D eigenvalue weighted by atomic mass is 10.3. The van der Waals surface area contributed by atoms with Gasteiger partial charge in [-0.15, -0.1) is 0 Å². The molecule has 0 heterocycles. The largest absolute Gasteiger partial charge is 0.504 e. The van der Waals surface area contributed by atoms with Crippen molar-refractivity contribution in [2.75, 3.05) is 25.6 Å². The number of rotatable bonds is 4. The van der Waals surface area contributed by atoms with E-state index < -0.39 is 0 Å². The van der Waals surface area contributed by atoms with E-state index in [1.165, 1.54) is 7.11 Å². The van der Waals surface area contributed by atoms with Gasteiger partial charge in [0.2, 0.25) is 0 Å². The number of methoxy groups -OCH3 is 1. The van der Waals surface area contributed by atoms with E-state index in [9.17, 15) is 5.11 Å². The molecule has 4 heteroatoms. The summed E-state index contributed by atoms with van der Waals surface area (Å²) in [6.07, 6.45) is 0. The van der Waals surface area contributed by atoms with Crippen molar-refractivity contribution < 1.29 is 14.9 Å². The molecule has 0 amide bonds. The van der Waals surface area contributed by atoms with E-state index in [1.54, 1.807) is 18.2 Å². The molecular weight excluding hydrogens is 170 g/mol. The topological polar surface area (TPSA) is 61.7 Å². The van der Waals surface area contributed by atoms with Crippen LogP contribution in [0.1, 0.15) is 0 Å². The molecule has 13 heavy (non-hydrogen) atoms. The zero-order valence-electron chi connectivity index (χ0n) is 7.45. The molecule has 0 atom stereocenters. The maximum absolute atomic E-state index is 9.36. The molecule has 0 saturated heterocycles. The van der Waals surface area contributed by atoms with Crippen molar-refractivity contribution in [1.29, 1.82) is 0 Å². The molecule has 0 unspecified atom stereocenters. The van der Waals surface area contributed by atoms with Gasteiger partial charge in [0.1, 0.15) is 0 Å². The van der Waals surface area contributed by atoms with Crippen LogP contribution in [0, 0.1) is 0 Å². The van der Waals surface area contributed by atoms with Gasteiger partial charge < -0.3 is 20.3 Å². The zero-order valence-corrected chi connectivity index (χ0v) is 7.45. The van der Waals surface area contributed by atoms with E-state index in [0.717, 1.165) is 5.69 Å². The Labute approximate surface area is 76.8 Å². The minimum Gasteiger partial charge on any atom is -0.504 e. The SMILES string of the molecule is COc1ccc(NCCO)cc1O. The molecule has 72 valence electrons. The second-order valence-electron chi connectivity index (χ2n) is 2.54. The molecule has 0 aliphatic heterocycles. The van der Waals surface area contributed by atoms with Crippen LogP contribution in [0.3, 0.4) is 0 Å². The summed E-state index contributed by atoms with van der Waals surface area (Å²) in [5.41, 5.74) is 0.757. The monoisotopic (exact) mass is 183 g/mol. The van der Waals surface area contributed by atoms with E-state index in [4.69, 9.17) is 9.84 Å². The molecule has 1 rings (SSSR count). The Morgan fingerprint density at radius 1 is 1.46 bits per heavy atom. The lowest BCUT2D eigenvalue weighted by Crippen LogP contribution is -2.05. The Morgan fingerprint density at radius 3 is 2.77 bits per heavy atom. The summed E-state index contributed by atoms with van der Waals surface area (Å²) < 4.78 is 4.88. The van der Waals surface area contributed by atoms with E-state index in [-0.39, 0.29) is 12.4 Å². The Hall–Kier alpha value is -1.42. The summed E-state index contributed by atoms with van der Waals surface area (Å²) in [5, 5.41) is 20.8. The average Bonchev–Trinajstić information content (AvgIpc) is 2.15. The maximum atomic E-state index is 9.36. The Morgan fingerprint density at radius 2 is 2.23 bits per heavy atom. The standard InChI is InChI=1S/C9H13NO3/c1-13-9-3-2-7(6-8(9)12)10-4-5-11/h2-3,6,10-12H,4-5H2,1H3. The fraction of sp³-hybridized carbons (Fsp3) is 0.333. The fourth-order valence-corrected chi connectivity index (χ4v) is 1.00. The van der Waals surface area contributed by atoms with Crippen LogP contribution in [0.2, 0.25) is 0 Å². The van der Waals surface area contributed by atoms with E-state index in [0.29, 0.717) is 12.3 Å². The Bertz CT molecular complexity index is 276. The van der Waals surface area contributed by atoms with Crippen molar-refractivity contribution in [2.45, 2.75) is 0 Å². The van der Waals surface area contributed by atoms with Crippen molar-refractivity contribution in [2.24, 2.45) is 0 Å². The molecule has 1 aromatic rings. The Kier molecular flexibility index (Phi) is 3.40. The first-order chi connectivity index (χ1) is 6.27. The minimum atomic E-state index is 0.0623. The van der Waals surface area contributed by atoms with Crippen LogP contribution in [-0.4, -0.2) is 30.5 Å².